The first kappa shape index (κ1) is 20.6. The van der Waals surface area contributed by atoms with E-state index in [-0.39, 0.29) is 12.4 Å². The summed E-state index contributed by atoms with van der Waals surface area (Å²) in [7, 11) is -3.42. The molecule has 0 bridgehead atoms. The lowest BCUT2D eigenvalue weighted by atomic mass is 10.0. The third-order valence-corrected chi connectivity index (χ3v) is 7.89. The lowest BCUT2D eigenvalue weighted by molar-refractivity contribution is 0.145. The molecule has 1 atom stereocenters. The summed E-state index contributed by atoms with van der Waals surface area (Å²) in [6.07, 6.45) is 1.17. The minimum atomic E-state index is -3.42. The minimum absolute atomic E-state index is 0. The zero-order chi connectivity index (χ0) is 17.5. The molecule has 3 rings (SSSR count). The number of hydrogen-bond donors (Lipinski definition) is 1. The van der Waals surface area contributed by atoms with E-state index in [9.17, 15) is 8.42 Å². The van der Waals surface area contributed by atoms with E-state index in [0.717, 1.165) is 48.4 Å². The Morgan fingerprint density at radius 2 is 1.56 bits per heavy atom. The second-order valence-electron chi connectivity index (χ2n) is 7.18. The number of aryl methyl sites for hydroxylation is 2. The summed E-state index contributed by atoms with van der Waals surface area (Å²) in [5, 5.41) is 3.39. The molecule has 7 heteroatoms. The Bertz CT molecular complexity index is 696. The van der Waals surface area contributed by atoms with Crippen molar-refractivity contribution in [2.45, 2.75) is 45.1 Å². The van der Waals surface area contributed by atoms with Gasteiger partial charge in [0.15, 0.2) is 0 Å². The predicted molar refractivity (Wildman–Crippen MR) is 104 cm³/mol. The van der Waals surface area contributed by atoms with Crippen molar-refractivity contribution in [3.05, 3.63) is 28.3 Å². The average molecular weight is 388 g/mol. The molecule has 1 unspecified atom stereocenters. The van der Waals surface area contributed by atoms with Crippen LogP contribution in [0.3, 0.4) is 0 Å². The first-order valence-corrected chi connectivity index (χ1v) is 10.3. The zero-order valence-corrected chi connectivity index (χ0v) is 17.3. The van der Waals surface area contributed by atoms with Crippen LogP contribution in [0.15, 0.2) is 11.0 Å². The van der Waals surface area contributed by atoms with Crippen molar-refractivity contribution >= 4 is 22.4 Å². The molecule has 1 aromatic rings. The van der Waals surface area contributed by atoms with Crippen molar-refractivity contribution in [2.75, 3.05) is 39.3 Å². The van der Waals surface area contributed by atoms with Crippen LogP contribution in [0, 0.1) is 27.7 Å². The fourth-order valence-electron chi connectivity index (χ4n) is 3.96. The topological polar surface area (TPSA) is 52.7 Å². The van der Waals surface area contributed by atoms with Gasteiger partial charge in [-0.1, -0.05) is 6.07 Å². The number of piperazine rings is 1. The van der Waals surface area contributed by atoms with Crippen LogP contribution in [0.25, 0.3) is 0 Å². The maximum absolute atomic E-state index is 13.3. The van der Waals surface area contributed by atoms with Crippen LogP contribution in [0.1, 0.15) is 28.7 Å². The van der Waals surface area contributed by atoms with Gasteiger partial charge in [-0.15, -0.1) is 12.4 Å². The predicted octanol–water partition coefficient (Wildman–Crippen LogP) is 2.01. The molecule has 0 saturated carbocycles. The molecule has 0 radical (unpaired) electrons. The molecular formula is C18H30ClN3O2S. The van der Waals surface area contributed by atoms with Gasteiger partial charge in [0.1, 0.15) is 0 Å². The summed E-state index contributed by atoms with van der Waals surface area (Å²) in [5.41, 5.74) is 3.88. The molecule has 0 amide bonds. The monoisotopic (exact) mass is 387 g/mol. The standard InChI is InChI=1S/C18H29N3O2S.ClH/c1-13-11-14(2)16(4)18(15(13)3)24(22,23)21-9-7-20(8-10-21)17-5-6-19-12-17;/h11,17,19H,5-10,12H2,1-4H3;1H. The number of hydrogen-bond acceptors (Lipinski definition) is 4. The molecule has 25 heavy (non-hydrogen) atoms. The second-order valence-corrected chi connectivity index (χ2v) is 9.05. The number of rotatable bonds is 3. The van der Waals surface area contributed by atoms with Crippen LogP contribution < -0.4 is 5.32 Å². The Morgan fingerprint density at radius 3 is 2.04 bits per heavy atom. The van der Waals surface area contributed by atoms with Gasteiger partial charge in [-0.3, -0.25) is 4.90 Å². The molecule has 0 aliphatic carbocycles. The molecule has 0 aromatic heterocycles. The highest BCUT2D eigenvalue weighted by atomic mass is 35.5. The van der Waals surface area contributed by atoms with Gasteiger partial charge in [0.05, 0.1) is 4.90 Å². The van der Waals surface area contributed by atoms with Crippen LogP contribution in [0.5, 0.6) is 0 Å². The summed E-state index contributed by atoms with van der Waals surface area (Å²) in [6, 6.07) is 2.65. The van der Waals surface area contributed by atoms with E-state index >= 15 is 0 Å². The maximum Gasteiger partial charge on any atom is 0.243 e. The molecule has 1 N–H and O–H groups in total. The van der Waals surface area contributed by atoms with Crippen LogP contribution in [0.4, 0.5) is 0 Å². The largest absolute Gasteiger partial charge is 0.315 e. The van der Waals surface area contributed by atoms with Crippen LogP contribution in [-0.2, 0) is 10.0 Å². The summed E-state index contributed by atoms with van der Waals surface area (Å²) in [4.78, 5) is 2.96. The van der Waals surface area contributed by atoms with Gasteiger partial charge >= 0.3 is 0 Å². The van der Waals surface area contributed by atoms with Crippen molar-refractivity contribution in [3.8, 4) is 0 Å². The molecule has 2 aliphatic rings. The summed E-state index contributed by atoms with van der Waals surface area (Å²) in [6.45, 7) is 12.8. The van der Waals surface area contributed by atoms with Gasteiger partial charge in [0, 0.05) is 38.8 Å². The van der Waals surface area contributed by atoms with Crippen LogP contribution >= 0.6 is 12.4 Å². The number of nitrogens with one attached hydrogen (secondary N) is 1. The van der Waals surface area contributed by atoms with E-state index in [1.165, 1.54) is 6.42 Å². The Kier molecular flexibility index (Phi) is 6.55. The van der Waals surface area contributed by atoms with Gasteiger partial charge < -0.3 is 5.32 Å². The second kappa shape index (κ2) is 7.92. The molecule has 2 aliphatic heterocycles. The van der Waals surface area contributed by atoms with Crippen molar-refractivity contribution in [2.24, 2.45) is 0 Å². The van der Waals surface area contributed by atoms with E-state index in [4.69, 9.17) is 0 Å². The maximum atomic E-state index is 13.3. The summed E-state index contributed by atoms with van der Waals surface area (Å²) in [5.74, 6) is 0. The number of sulfonamides is 1. The normalized spacial score (nSPS) is 22.8. The fraction of sp³-hybridized carbons (Fsp3) is 0.667. The smallest absolute Gasteiger partial charge is 0.243 e. The van der Waals surface area contributed by atoms with E-state index in [1.807, 2.05) is 27.7 Å². The van der Waals surface area contributed by atoms with Gasteiger partial charge in [0.25, 0.3) is 0 Å². The Balaban J connectivity index is 0.00000225. The van der Waals surface area contributed by atoms with Gasteiger partial charge in [-0.05, 0) is 62.9 Å². The molecular weight excluding hydrogens is 358 g/mol. The van der Waals surface area contributed by atoms with Crippen LogP contribution in [0.2, 0.25) is 0 Å². The molecule has 5 nitrogen and oxygen atoms in total. The SMILES string of the molecule is Cc1cc(C)c(C)c(S(=O)(=O)N2CCN(C3CCNC3)CC2)c1C.Cl. The fourth-order valence-corrected chi connectivity index (χ4v) is 5.95. The third-order valence-electron chi connectivity index (χ3n) is 5.72. The van der Waals surface area contributed by atoms with Crippen LogP contribution in [-0.4, -0.2) is 62.9 Å². The highest BCUT2D eigenvalue weighted by molar-refractivity contribution is 7.89. The van der Waals surface area contributed by atoms with E-state index in [1.54, 1.807) is 4.31 Å². The van der Waals surface area contributed by atoms with Crippen molar-refractivity contribution in [3.63, 3.8) is 0 Å². The van der Waals surface area contributed by atoms with E-state index in [0.29, 0.717) is 24.0 Å². The van der Waals surface area contributed by atoms with Crippen molar-refractivity contribution < 1.29 is 8.42 Å². The summed E-state index contributed by atoms with van der Waals surface area (Å²) >= 11 is 0. The van der Waals surface area contributed by atoms with Gasteiger partial charge in [-0.25, -0.2) is 8.42 Å². The zero-order valence-electron chi connectivity index (χ0n) is 15.6. The molecule has 142 valence electrons. The molecule has 0 spiro atoms. The van der Waals surface area contributed by atoms with Crippen molar-refractivity contribution in [1.82, 2.24) is 14.5 Å². The molecule has 2 saturated heterocycles. The summed E-state index contributed by atoms with van der Waals surface area (Å²) < 4.78 is 28.2. The molecule has 1 aromatic carbocycles. The van der Waals surface area contributed by atoms with Crippen molar-refractivity contribution in [1.29, 1.82) is 0 Å². The minimum Gasteiger partial charge on any atom is -0.315 e. The lowest BCUT2D eigenvalue weighted by Crippen LogP contribution is -2.52. The molecule has 2 heterocycles. The Morgan fingerprint density at radius 1 is 1.00 bits per heavy atom. The first-order chi connectivity index (χ1) is 11.3. The quantitative estimate of drug-likeness (QED) is 0.862. The number of benzene rings is 1. The molecule has 2 fully saturated rings. The average Bonchev–Trinajstić information content (AvgIpc) is 3.07. The van der Waals surface area contributed by atoms with E-state index in [2.05, 4.69) is 16.3 Å². The number of halogens is 1. The Hall–Kier alpha value is -0.660. The van der Waals surface area contributed by atoms with E-state index < -0.39 is 10.0 Å². The Labute approximate surface area is 158 Å². The highest BCUT2D eigenvalue weighted by Crippen LogP contribution is 2.29. The lowest BCUT2D eigenvalue weighted by Gasteiger charge is -2.37. The van der Waals surface area contributed by atoms with Gasteiger partial charge in [-0.2, -0.15) is 4.31 Å². The highest BCUT2D eigenvalue weighted by Gasteiger charge is 2.33. The third kappa shape index (κ3) is 3.88. The van der Waals surface area contributed by atoms with Gasteiger partial charge in [0.2, 0.25) is 10.0 Å². The number of nitrogens with zero attached hydrogens (tertiary/aromatic N) is 2. The first-order valence-electron chi connectivity index (χ1n) is 8.84.